The molecule has 0 radical (unpaired) electrons. The molecular formula is C12H10ClN3O3. The number of primary amides is 1. The number of hydrogen-bond donors (Lipinski definition) is 2. The molecule has 2 aromatic rings. The van der Waals surface area contributed by atoms with Crippen LogP contribution in [0.2, 0.25) is 5.02 Å². The number of carboxylic acid groups (broad SMARTS) is 1. The highest BCUT2D eigenvalue weighted by Gasteiger charge is 2.12. The summed E-state index contributed by atoms with van der Waals surface area (Å²) in [5.41, 5.74) is 6.15. The van der Waals surface area contributed by atoms with E-state index in [0.29, 0.717) is 16.1 Å². The van der Waals surface area contributed by atoms with Crippen LogP contribution in [0.4, 0.5) is 0 Å². The van der Waals surface area contributed by atoms with Crippen LogP contribution in [0.5, 0.6) is 0 Å². The summed E-state index contributed by atoms with van der Waals surface area (Å²) >= 11 is 6.03. The van der Waals surface area contributed by atoms with Crippen LogP contribution in [-0.4, -0.2) is 26.8 Å². The summed E-state index contributed by atoms with van der Waals surface area (Å²) < 4.78 is 1.31. The minimum Gasteiger partial charge on any atom is -0.477 e. The lowest BCUT2D eigenvalue weighted by Crippen LogP contribution is -2.13. The summed E-state index contributed by atoms with van der Waals surface area (Å²) in [4.78, 5) is 21.9. The average Bonchev–Trinajstić information content (AvgIpc) is 2.79. The van der Waals surface area contributed by atoms with Crippen molar-refractivity contribution >= 4 is 23.5 Å². The summed E-state index contributed by atoms with van der Waals surface area (Å²) in [7, 11) is 0. The minimum absolute atomic E-state index is 0.0649. The molecule has 0 aliphatic rings. The summed E-state index contributed by atoms with van der Waals surface area (Å²) in [5.74, 6) is -1.64. The molecule has 1 heterocycles. The fraction of sp³-hybridized carbons (Fsp3) is 0.0833. The third kappa shape index (κ3) is 2.74. The van der Waals surface area contributed by atoms with Crippen molar-refractivity contribution in [1.29, 1.82) is 0 Å². The predicted octanol–water partition coefficient (Wildman–Crippen LogP) is 1.38. The van der Waals surface area contributed by atoms with Gasteiger partial charge < -0.3 is 10.8 Å². The van der Waals surface area contributed by atoms with Crippen LogP contribution >= 0.6 is 11.6 Å². The Morgan fingerprint density at radius 3 is 2.68 bits per heavy atom. The van der Waals surface area contributed by atoms with Crippen LogP contribution in [0.25, 0.3) is 0 Å². The number of rotatable bonds is 4. The molecule has 98 valence electrons. The van der Waals surface area contributed by atoms with Gasteiger partial charge in [0.05, 0.1) is 6.54 Å². The first-order valence-corrected chi connectivity index (χ1v) is 5.70. The van der Waals surface area contributed by atoms with Crippen molar-refractivity contribution in [2.45, 2.75) is 6.54 Å². The van der Waals surface area contributed by atoms with Gasteiger partial charge in [-0.05, 0) is 23.8 Å². The van der Waals surface area contributed by atoms with E-state index in [1.807, 2.05) is 0 Å². The van der Waals surface area contributed by atoms with Crippen molar-refractivity contribution in [2.24, 2.45) is 5.73 Å². The Balaban J connectivity index is 2.31. The van der Waals surface area contributed by atoms with Gasteiger partial charge in [-0.15, -0.1) is 0 Å². The second-order valence-electron chi connectivity index (χ2n) is 3.85. The second kappa shape index (κ2) is 5.11. The summed E-state index contributed by atoms with van der Waals surface area (Å²) in [6.07, 6.45) is 1.40. The van der Waals surface area contributed by atoms with Crippen LogP contribution < -0.4 is 5.73 Å². The van der Waals surface area contributed by atoms with E-state index in [2.05, 4.69) is 5.10 Å². The van der Waals surface area contributed by atoms with Crippen molar-refractivity contribution in [3.05, 3.63) is 52.3 Å². The molecule has 1 aromatic carbocycles. The number of aromatic nitrogens is 2. The zero-order valence-corrected chi connectivity index (χ0v) is 10.5. The highest BCUT2D eigenvalue weighted by atomic mass is 35.5. The molecule has 0 bridgehead atoms. The third-order valence-corrected chi connectivity index (χ3v) is 2.95. The number of halogens is 1. The molecule has 0 unspecified atom stereocenters. The molecule has 1 aromatic heterocycles. The summed E-state index contributed by atoms with van der Waals surface area (Å²) in [6, 6.07) is 6.00. The van der Waals surface area contributed by atoms with Gasteiger partial charge in [0.15, 0.2) is 0 Å². The normalized spacial score (nSPS) is 10.4. The van der Waals surface area contributed by atoms with Crippen LogP contribution in [0.3, 0.4) is 0 Å². The van der Waals surface area contributed by atoms with Gasteiger partial charge in [-0.1, -0.05) is 17.7 Å². The van der Waals surface area contributed by atoms with Crippen molar-refractivity contribution in [3.8, 4) is 0 Å². The number of carboxylic acids is 1. The number of nitrogens with zero attached hydrogens (tertiary/aromatic N) is 2. The first-order chi connectivity index (χ1) is 8.99. The molecule has 6 nitrogen and oxygen atoms in total. The van der Waals surface area contributed by atoms with E-state index < -0.39 is 11.9 Å². The van der Waals surface area contributed by atoms with Crippen molar-refractivity contribution < 1.29 is 14.7 Å². The maximum absolute atomic E-state index is 11.0. The monoisotopic (exact) mass is 279 g/mol. The Hall–Kier alpha value is -2.34. The van der Waals surface area contributed by atoms with Crippen LogP contribution in [0.15, 0.2) is 30.5 Å². The predicted molar refractivity (Wildman–Crippen MR) is 68.3 cm³/mol. The number of hydrogen-bond acceptors (Lipinski definition) is 3. The minimum atomic E-state index is -1.07. The average molecular weight is 280 g/mol. The van der Waals surface area contributed by atoms with E-state index in [0.717, 1.165) is 0 Å². The second-order valence-corrected chi connectivity index (χ2v) is 4.26. The molecular weight excluding hydrogens is 270 g/mol. The fourth-order valence-electron chi connectivity index (χ4n) is 1.63. The molecule has 0 spiro atoms. The Labute approximate surface area is 113 Å². The van der Waals surface area contributed by atoms with Gasteiger partial charge in [0.1, 0.15) is 5.69 Å². The van der Waals surface area contributed by atoms with Crippen LogP contribution in [0, 0.1) is 0 Å². The number of benzene rings is 1. The summed E-state index contributed by atoms with van der Waals surface area (Å²) in [5, 5.41) is 13.2. The van der Waals surface area contributed by atoms with Gasteiger partial charge in [0.25, 0.3) is 0 Å². The summed E-state index contributed by atoms with van der Waals surface area (Å²) in [6.45, 7) is 0.201. The number of aromatic carboxylic acids is 1. The quantitative estimate of drug-likeness (QED) is 0.883. The molecule has 19 heavy (non-hydrogen) atoms. The highest BCUT2D eigenvalue weighted by molar-refractivity contribution is 6.31. The van der Waals surface area contributed by atoms with Gasteiger partial charge in [0, 0.05) is 16.8 Å². The first kappa shape index (κ1) is 13.1. The van der Waals surface area contributed by atoms with E-state index in [9.17, 15) is 9.59 Å². The van der Waals surface area contributed by atoms with E-state index in [1.54, 1.807) is 6.07 Å². The molecule has 0 atom stereocenters. The largest absolute Gasteiger partial charge is 0.477 e. The van der Waals surface area contributed by atoms with Gasteiger partial charge in [0.2, 0.25) is 5.91 Å². The maximum Gasteiger partial charge on any atom is 0.354 e. The zero-order chi connectivity index (χ0) is 14.0. The number of carbonyl (C=O) groups is 2. The number of amides is 1. The fourth-order valence-corrected chi connectivity index (χ4v) is 1.87. The molecule has 0 saturated carbocycles. The smallest absolute Gasteiger partial charge is 0.354 e. The van der Waals surface area contributed by atoms with E-state index in [4.69, 9.17) is 22.4 Å². The van der Waals surface area contributed by atoms with Gasteiger partial charge in [-0.25, -0.2) is 4.79 Å². The topological polar surface area (TPSA) is 98.2 Å². The van der Waals surface area contributed by atoms with Crippen molar-refractivity contribution in [3.63, 3.8) is 0 Å². The first-order valence-electron chi connectivity index (χ1n) is 5.32. The highest BCUT2D eigenvalue weighted by Crippen LogP contribution is 2.19. The Bertz CT molecular complexity index is 651. The third-order valence-electron chi connectivity index (χ3n) is 2.59. The standard InChI is InChI=1S/C12H10ClN3O3/c13-9-5-7(11(14)17)1-2-8(9)6-16-10(12(18)19)3-4-15-16/h1-5H,6H2,(H2,14,17)(H,18,19). The van der Waals surface area contributed by atoms with Gasteiger partial charge in [-0.3, -0.25) is 9.48 Å². The van der Waals surface area contributed by atoms with E-state index in [-0.39, 0.29) is 12.2 Å². The molecule has 0 aliphatic heterocycles. The van der Waals surface area contributed by atoms with Crippen molar-refractivity contribution in [2.75, 3.05) is 0 Å². The molecule has 2 rings (SSSR count). The van der Waals surface area contributed by atoms with Gasteiger partial charge >= 0.3 is 5.97 Å². The molecule has 0 aliphatic carbocycles. The van der Waals surface area contributed by atoms with Gasteiger partial charge in [-0.2, -0.15) is 5.10 Å². The van der Waals surface area contributed by atoms with E-state index in [1.165, 1.54) is 29.1 Å². The lowest BCUT2D eigenvalue weighted by Gasteiger charge is -2.07. The number of nitrogens with two attached hydrogens (primary N) is 1. The SMILES string of the molecule is NC(=O)c1ccc(Cn2nccc2C(=O)O)c(Cl)c1. The molecule has 7 heteroatoms. The Kier molecular flexibility index (Phi) is 3.52. The Morgan fingerprint density at radius 1 is 1.37 bits per heavy atom. The molecule has 3 N–H and O–H groups in total. The van der Waals surface area contributed by atoms with Crippen molar-refractivity contribution in [1.82, 2.24) is 9.78 Å². The Morgan fingerprint density at radius 2 is 2.11 bits per heavy atom. The molecule has 1 amide bonds. The molecule has 0 fully saturated rings. The zero-order valence-electron chi connectivity index (χ0n) is 9.71. The van der Waals surface area contributed by atoms with Crippen LogP contribution in [0.1, 0.15) is 26.4 Å². The number of carbonyl (C=O) groups excluding carboxylic acids is 1. The van der Waals surface area contributed by atoms with Crippen LogP contribution in [-0.2, 0) is 6.54 Å². The molecule has 0 saturated heterocycles. The van der Waals surface area contributed by atoms with E-state index >= 15 is 0 Å². The lowest BCUT2D eigenvalue weighted by molar-refractivity contribution is 0.0683. The lowest BCUT2D eigenvalue weighted by atomic mass is 10.1. The maximum atomic E-state index is 11.0.